The number of fused-ring (bicyclic) bond motifs is 3. The molecular formula is C18H17NO4. The zero-order chi connectivity index (χ0) is 16.6. The SMILES string of the molecule is CNCC(O)C(O)c1ccc2c(c1)-c1ccccc1C(=O)C2=O. The Kier molecular flexibility index (Phi) is 4.09. The van der Waals surface area contributed by atoms with E-state index in [1.54, 1.807) is 43.4 Å². The first-order valence-electron chi connectivity index (χ1n) is 7.37. The number of rotatable bonds is 4. The zero-order valence-electron chi connectivity index (χ0n) is 12.6. The van der Waals surface area contributed by atoms with Gasteiger partial charge in [-0.05, 0) is 35.9 Å². The van der Waals surface area contributed by atoms with E-state index in [-0.39, 0.29) is 6.54 Å². The molecular weight excluding hydrogens is 294 g/mol. The monoisotopic (exact) mass is 311 g/mol. The molecule has 0 aromatic heterocycles. The van der Waals surface area contributed by atoms with E-state index in [1.807, 2.05) is 0 Å². The van der Waals surface area contributed by atoms with Crippen LogP contribution in [0.2, 0.25) is 0 Å². The van der Waals surface area contributed by atoms with Crippen LogP contribution in [0, 0.1) is 0 Å². The Morgan fingerprint density at radius 3 is 2.17 bits per heavy atom. The van der Waals surface area contributed by atoms with Crippen molar-refractivity contribution in [1.82, 2.24) is 5.32 Å². The maximum absolute atomic E-state index is 12.2. The molecule has 0 aliphatic heterocycles. The second-order valence-electron chi connectivity index (χ2n) is 5.58. The van der Waals surface area contributed by atoms with Gasteiger partial charge in [0.05, 0.1) is 6.10 Å². The molecule has 23 heavy (non-hydrogen) atoms. The molecule has 1 aliphatic rings. The highest BCUT2D eigenvalue weighted by Crippen LogP contribution is 2.35. The van der Waals surface area contributed by atoms with Crippen LogP contribution in [0.15, 0.2) is 42.5 Å². The molecule has 3 rings (SSSR count). The number of aliphatic hydroxyl groups is 2. The quantitative estimate of drug-likeness (QED) is 0.742. The van der Waals surface area contributed by atoms with Crippen molar-refractivity contribution in [2.45, 2.75) is 12.2 Å². The van der Waals surface area contributed by atoms with Crippen LogP contribution in [-0.4, -0.2) is 41.5 Å². The molecule has 0 radical (unpaired) electrons. The Bertz CT molecular complexity index is 784. The van der Waals surface area contributed by atoms with Gasteiger partial charge in [-0.1, -0.05) is 30.3 Å². The van der Waals surface area contributed by atoms with Crippen LogP contribution < -0.4 is 5.32 Å². The van der Waals surface area contributed by atoms with Gasteiger partial charge in [-0.3, -0.25) is 9.59 Å². The fourth-order valence-electron chi connectivity index (χ4n) is 2.87. The van der Waals surface area contributed by atoms with Crippen molar-refractivity contribution in [1.29, 1.82) is 0 Å². The van der Waals surface area contributed by atoms with Gasteiger partial charge < -0.3 is 15.5 Å². The topological polar surface area (TPSA) is 86.6 Å². The molecule has 0 saturated heterocycles. The summed E-state index contributed by atoms with van der Waals surface area (Å²) in [5, 5.41) is 23.0. The molecule has 5 heteroatoms. The number of Topliss-reactive ketones (excluding diaryl/α,β-unsaturated/α-hetero) is 2. The number of aliphatic hydroxyl groups excluding tert-OH is 2. The highest BCUT2D eigenvalue weighted by molar-refractivity contribution is 6.52. The van der Waals surface area contributed by atoms with Crippen molar-refractivity contribution in [2.75, 3.05) is 13.6 Å². The Balaban J connectivity index is 2.10. The first-order chi connectivity index (χ1) is 11.0. The van der Waals surface area contributed by atoms with E-state index < -0.39 is 23.8 Å². The highest BCUT2D eigenvalue weighted by Gasteiger charge is 2.31. The number of hydrogen-bond donors (Lipinski definition) is 3. The number of hydrogen-bond acceptors (Lipinski definition) is 5. The molecule has 0 fully saturated rings. The molecule has 0 amide bonds. The van der Waals surface area contributed by atoms with Crippen LogP contribution in [0.5, 0.6) is 0 Å². The largest absolute Gasteiger partial charge is 0.389 e. The normalized spacial score (nSPS) is 15.8. The van der Waals surface area contributed by atoms with Gasteiger partial charge >= 0.3 is 0 Å². The lowest BCUT2D eigenvalue weighted by molar-refractivity contribution is 0.0202. The van der Waals surface area contributed by atoms with E-state index in [1.165, 1.54) is 6.07 Å². The zero-order valence-corrected chi connectivity index (χ0v) is 12.6. The molecule has 118 valence electrons. The van der Waals surface area contributed by atoms with Crippen molar-refractivity contribution < 1.29 is 19.8 Å². The third kappa shape index (κ3) is 2.59. The third-order valence-electron chi connectivity index (χ3n) is 4.08. The fourth-order valence-corrected chi connectivity index (χ4v) is 2.87. The maximum Gasteiger partial charge on any atom is 0.234 e. The first-order valence-corrected chi connectivity index (χ1v) is 7.37. The lowest BCUT2D eigenvalue weighted by Crippen LogP contribution is -2.29. The van der Waals surface area contributed by atoms with Gasteiger partial charge in [-0.2, -0.15) is 0 Å². The molecule has 0 heterocycles. The van der Waals surface area contributed by atoms with Crippen LogP contribution in [-0.2, 0) is 0 Å². The predicted octanol–water partition coefficient (Wildman–Crippen LogP) is 1.35. The van der Waals surface area contributed by atoms with Gasteiger partial charge in [0.2, 0.25) is 11.6 Å². The van der Waals surface area contributed by atoms with Crippen LogP contribution in [0.3, 0.4) is 0 Å². The van der Waals surface area contributed by atoms with Crippen LogP contribution in [0.1, 0.15) is 32.4 Å². The second-order valence-corrected chi connectivity index (χ2v) is 5.58. The summed E-state index contributed by atoms with van der Waals surface area (Å²) < 4.78 is 0. The van der Waals surface area contributed by atoms with Gasteiger partial charge in [0.1, 0.15) is 6.10 Å². The molecule has 1 aliphatic carbocycles. The molecule has 2 aromatic carbocycles. The van der Waals surface area contributed by atoms with Crippen molar-refractivity contribution >= 4 is 11.6 Å². The minimum Gasteiger partial charge on any atom is -0.389 e. The van der Waals surface area contributed by atoms with E-state index in [2.05, 4.69) is 5.32 Å². The summed E-state index contributed by atoms with van der Waals surface area (Å²) in [7, 11) is 1.68. The molecule has 2 aromatic rings. The number of ketones is 2. The van der Waals surface area contributed by atoms with Gasteiger partial charge in [-0.25, -0.2) is 0 Å². The Hall–Kier alpha value is -2.34. The highest BCUT2D eigenvalue weighted by atomic mass is 16.3. The summed E-state index contributed by atoms with van der Waals surface area (Å²) in [4.78, 5) is 24.4. The summed E-state index contributed by atoms with van der Waals surface area (Å²) in [6.45, 7) is 0.242. The molecule has 0 saturated carbocycles. The lowest BCUT2D eigenvalue weighted by Gasteiger charge is -2.22. The number of likely N-dealkylation sites (N-methyl/N-ethyl adjacent to an activating group) is 1. The van der Waals surface area contributed by atoms with E-state index in [4.69, 9.17) is 0 Å². The van der Waals surface area contributed by atoms with Crippen molar-refractivity contribution in [3.8, 4) is 11.1 Å². The van der Waals surface area contributed by atoms with E-state index >= 15 is 0 Å². The van der Waals surface area contributed by atoms with Gasteiger partial charge in [-0.15, -0.1) is 0 Å². The summed E-state index contributed by atoms with van der Waals surface area (Å²) >= 11 is 0. The Labute approximate surface area is 133 Å². The molecule has 0 spiro atoms. The van der Waals surface area contributed by atoms with E-state index in [9.17, 15) is 19.8 Å². The average molecular weight is 311 g/mol. The second kappa shape index (κ2) is 6.04. The van der Waals surface area contributed by atoms with Gasteiger partial charge in [0, 0.05) is 17.7 Å². The van der Waals surface area contributed by atoms with Crippen molar-refractivity contribution in [3.05, 3.63) is 59.2 Å². The van der Waals surface area contributed by atoms with E-state index in [0.29, 0.717) is 27.8 Å². The van der Waals surface area contributed by atoms with Crippen molar-refractivity contribution in [3.63, 3.8) is 0 Å². The molecule has 2 unspecified atom stereocenters. The summed E-state index contributed by atoms with van der Waals surface area (Å²) in [6.07, 6.45) is -2.04. The number of carbonyl (C=O) groups is 2. The number of benzene rings is 2. The molecule has 5 nitrogen and oxygen atoms in total. The summed E-state index contributed by atoms with van der Waals surface area (Å²) in [5.41, 5.74) is 2.48. The van der Waals surface area contributed by atoms with Crippen LogP contribution >= 0.6 is 0 Å². The predicted molar refractivity (Wildman–Crippen MR) is 85.4 cm³/mol. The molecule has 3 N–H and O–H groups in total. The first kappa shape index (κ1) is 15.6. The smallest absolute Gasteiger partial charge is 0.234 e. The third-order valence-corrected chi connectivity index (χ3v) is 4.08. The molecule has 0 bridgehead atoms. The Morgan fingerprint density at radius 1 is 0.913 bits per heavy atom. The molecule has 2 atom stereocenters. The minimum atomic E-state index is -1.08. The van der Waals surface area contributed by atoms with Gasteiger partial charge in [0.15, 0.2) is 0 Å². The fraction of sp³-hybridized carbons (Fsp3) is 0.222. The maximum atomic E-state index is 12.2. The minimum absolute atomic E-state index is 0.242. The number of nitrogens with one attached hydrogen (secondary N) is 1. The standard InChI is InChI=1S/C18H17NO4/c1-19-9-15(20)16(21)10-6-7-13-14(8-10)11-4-2-3-5-12(11)17(22)18(13)23/h2-8,15-16,19-21H,9H2,1H3. The van der Waals surface area contributed by atoms with Gasteiger partial charge in [0.25, 0.3) is 0 Å². The average Bonchev–Trinajstić information content (AvgIpc) is 2.58. The summed E-state index contributed by atoms with van der Waals surface area (Å²) in [5.74, 6) is -1.06. The van der Waals surface area contributed by atoms with Crippen molar-refractivity contribution in [2.24, 2.45) is 0 Å². The van der Waals surface area contributed by atoms with E-state index in [0.717, 1.165) is 0 Å². The lowest BCUT2D eigenvalue weighted by atomic mass is 9.82. The van der Waals surface area contributed by atoms with Crippen LogP contribution in [0.4, 0.5) is 0 Å². The number of carbonyl (C=O) groups excluding carboxylic acids is 2. The van der Waals surface area contributed by atoms with Crippen LogP contribution in [0.25, 0.3) is 11.1 Å². The Morgan fingerprint density at radius 2 is 1.52 bits per heavy atom. The summed E-state index contributed by atoms with van der Waals surface area (Å²) in [6, 6.07) is 11.7.